The molecular weight excluding hydrogens is 232 g/mol. The summed E-state index contributed by atoms with van der Waals surface area (Å²) in [7, 11) is 0. The van der Waals surface area contributed by atoms with Gasteiger partial charge < -0.3 is 5.32 Å². The second-order valence-electron chi connectivity index (χ2n) is 5.47. The topological polar surface area (TPSA) is 24.9 Å². The van der Waals surface area contributed by atoms with Crippen molar-refractivity contribution in [3.8, 4) is 0 Å². The molecule has 19 heavy (non-hydrogen) atoms. The maximum atomic E-state index is 4.70. The third-order valence-corrected chi connectivity index (χ3v) is 3.83. The van der Waals surface area contributed by atoms with Crippen LogP contribution in [0.4, 0.5) is 0 Å². The quantitative estimate of drug-likeness (QED) is 0.701. The first-order valence-corrected chi connectivity index (χ1v) is 7.88. The minimum atomic E-state index is 0.409. The summed E-state index contributed by atoms with van der Waals surface area (Å²) < 4.78 is 0. The zero-order valence-corrected chi connectivity index (χ0v) is 13.1. The van der Waals surface area contributed by atoms with E-state index in [-0.39, 0.29) is 0 Å². The van der Waals surface area contributed by atoms with E-state index in [1.54, 1.807) is 0 Å². The number of pyridine rings is 1. The van der Waals surface area contributed by atoms with Crippen LogP contribution in [0.15, 0.2) is 18.2 Å². The highest BCUT2D eigenvalue weighted by Crippen LogP contribution is 2.25. The lowest BCUT2D eigenvalue weighted by Gasteiger charge is -2.23. The number of rotatable bonds is 9. The maximum Gasteiger partial charge on any atom is 0.0576 e. The van der Waals surface area contributed by atoms with Crippen LogP contribution in [0.3, 0.4) is 0 Å². The Kier molecular flexibility index (Phi) is 7.73. The van der Waals surface area contributed by atoms with Crippen molar-refractivity contribution in [2.75, 3.05) is 6.54 Å². The Morgan fingerprint density at radius 1 is 1.21 bits per heavy atom. The number of hydrogen-bond donors (Lipinski definition) is 1. The van der Waals surface area contributed by atoms with Crippen molar-refractivity contribution >= 4 is 0 Å². The summed E-state index contributed by atoms with van der Waals surface area (Å²) in [6.45, 7) is 9.84. The van der Waals surface area contributed by atoms with Gasteiger partial charge in [0.1, 0.15) is 0 Å². The average Bonchev–Trinajstić information content (AvgIpc) is 2.42. The van der Waals surface area contributed by atoms with Crippen molar-refractivity contribution in [2.45, 2.75) is 65.8 Å². The van der Waals surface area contributed by atoms with Gasteiger partial charge in [-0.1, -0.05) is 52.5 Å². The first kappa shape index (κ1) is 16.2. The Hall–Kier alpha value is -0.890. The summed E-state index contributed by atoms with van der Waals surface area (Å²) in [6.07, 6.45) is 6.47. The lowest BCUT2D eigenvalue weighted by Crippen LogP contribution is -2.24. The second kappa shape index (κ2) is 9.08. The number of nitrogens with one attached hydrogen (secondary N) is 1. The van der Waals surface area contributed by atoms with E-state index in [2.05, 4.69) is 51.2 Å². The largest absolute Gasteiger partial charge is 0.309 e. The normalized spacial score (nSPS) is 14.3. The molecule has 0 bridgehead atoms. The fourth-order valence-electron chi connectivity index (χ4n) is 2.63. The molecule has 0 amide bonds. The number of nitrogens with zero attached hydrogens (tertiary/aromatic N) is 1. The molecule has 1 aromatic rings. The van der Waals surface area contributed by atoms with Crippen LogP contribution >= 0.6 is 0 Å². The SMILES string of the molecule is CCCCC(CC)CC(NCC)c1cccc(C)n1. The van der Waals surface area contributed by atoms with Gasteiger partial charge in [-0.25, -0.2) is 0 Å². The van der Waals surface area contributed by atoms with Gasteiger partial charge in [0.25, 0.3) is 0 Å². The van der Waals surface area contributed by atoms with Gasteiger partial charge in [-0.15, -0.1) is 0 Å². The molecule has 0 fully saturated rings. The molecule has 1 aromatic heterocycles. The van der Waals surface area contributed by atoms with E-state index in [4.69, 9.17) is 4.98 Å². The highest BCUT2D eigenvalue weighted by Gasteiger charge is 2.17. The van der Waals surface area contributed by atoms with Crippen LogP contribution in [0.5, 0.6) is 0 Å². The van der Waals surface area contributed by atoms with Crippen molar-refractivity contribution in [2.24, 2.45) is 5.92 Å². The van der Waals surface area contributed by atoms with Crippen molar-refractivity contribution in [1.29, 1.82) is 0 Å². The lowest BCUT2D eigenvalue weighted by atomic mass is 9.90. The summed E-state index contributed by atoms with van der Waals surface area (Å²) in [6, 6.07) is 6.76. The molecule has 2 atom stereocenters. The third-order valence-electron chi connectivity index (χ3n) is 3.83. The minimum absolute atomic E-state index is 0.409. The Bertz CT molecular complexity index is 349. The summed E-state index contributed by atoms with van der Waals surface area (Å²) in [5.41, 5.74) is 2.32. The van der Waals surface area contributed by atoms with Crippen LogP contribution in [-0.2, 0) is 0 Å². The van der Waals surface area contributed by atoms with Crippen LogP contribution < -0.4 is 5.32 Å². The number of hydrogen-bond acceptors (Lipinski definition) is 2. The van der Waals surface area contributed by atoms with Gasteiger partial charge in [0, 0.05) is 11.7 Å². The molecular formula is C17H30N2. The van der Waals surface area contributed by atoms with Crippen LogP contribution in [0.1, 0.15) is 70.3 Å². The van der Waals surface area contributed by atoms with Gasteiger partial charge in [0.2, 0.25) is 0 Å². The third kappa shape index (κ3) is 5.73. The van der Waals surface area contributed by atoms with Crippen LogP contribution in [0.2, 0.25) is 0 Å². The maximum absolute atomic E-state index is 4.70. The van der Waals surface area contributed by atoms with Gasteiger partial charge >= 0.3 is 0 Å². The van der Waals surface area contributed by atoms with E-state index in [9.17, 15) is 0 Å². The van der Waals surface area contributed by atoms with Crippen molar-refractivity contribution in [3.63, 3.8) is 0 Å². The molecule has 0 aliphatic carbocycles. The van der Waals surface area contributed by atoms with Crippen molar-refractivity contribution < 1.29 is 0 Å². The molecule has 0 aliphatic heterocycles. The number of aromatic nitrogens is 1. The monoisotopic (exact) mass is 262 g/mol. The molecule has 0 aromatic carbocycles. The molecule has 1 N–H and O–H groups in total. The molecule has 2 unspecified atom stereocenters. The highest BCUT2D eigenvalue weighted by atomic mass is 14.9. The molecule has 2 nitrogen and oxygen atoms in total. The fourth-order valence-corrected chi connectivity index (χ4v) is 2.63. The second-order valence-corrected chi connectivity index (χ2v) is 5.47. The van der Waals surface area contributed by atoms with Crippen LogP contribution in [0, 0.1) is 12.8 Å². The highest BCUT2D eigenvalue weighted by molar-refractivity contribution is 5.13. The molecule has 0 saturated heterocycles. The minimum Gasteiger partial charge on any atom is -0.309 e. The van der Waals surface area contributed by atoms with E-state index in [0.717, 1.165) is 18.2 Å². The molecule has 0 spiro atoms. The Balaban J connectivity index is 2.70. The van der Waals surface area contributed by atoms with E-state index >= 15 is 0 Å². The van der Waals surface area contributed by atoms with Gasteiger partial charge in [-0.2, -0.15) is 0 Å². The number of unbranched alkanes of at least 4 members (excludes halogenated alkanes) is 1. The standard InChI is InChI=1S/C17H30N2/c1-5-8-11-15(6-2)13-17(18-7-3)16-12-9-10-14(4)19-16/h9-10,12,15,17-18H,5-8,11,13H2,1-4H3. The molecule has 0 radical (unpaired) electrons. The number of aryl methyl sites for hydroxylation is 1. The Labute approximate surface area is 119 Å². The zero-order valence-electron chi connectivity index (χ0n) is 13.1. The molecule has 1 rings (SSSR count). The summed E-state index contributed by atoms with van der Waals surface area (Å²) >= 11 is 0. The predicted octanol–water partition coefficient (Wildman–Crippen LogP) is 4.65. The summed E-state index contributed by atoms with van der Waals surface area (Å²) in [5, 5.41) is 3.60. The Morgan fingerprint density at radius 2 is 2.00 bits per heavy atom. The van der Waals surface area contributed by atoms with E-state index in [1.807, 2.05) is 0 Å². The molecule has 0 aliphatic rings. The van der Waals surface area contributed by atoms with E-state index < -0.39 is 0 Å². The molecule has 1 heterocycles. The molecule has 0 saturated carbocycles. The molecule has 108 valence electrons. The van der Waals surface area contributed by atoms with Gasteiger partial charge in [0.05, 0.1) is 5.69 Å². The Morgan fingerprint density at radius 3 is 2.58 bits per heavy atom. The van der Waals surface area contributed by atoms with E-state index in [1.165, 1.54) is 37.8 Å². The lowest BCUT2D eigenvalue weighted by molar-refractivity contribution is 0.353. The van der Waals surface area contributed by atoms with Crippen molar-refractivity contribution in [1.82, 2.24) is 10.3 Å². The zero-order chi connectivity index (χ0) is 14.1. The summed E-state index contributed by atoms with van der Waals surface area (Å²) in [4.78, 5) is 4.70. The first-order valence-electron chi connectivity index (χ1n) is 7.88. The van der Waals surface area contributed by atoms with Gasteiger partial charge in [-0.3, -0.25) is 4.98 Å². The van der Waals surface area contributed by atoms with E-state index in [0.29, 0.717) is 6.04 Å². The van der Waals surface area contributed by atoms with Gasteiger partial charge in [0.15, 0.2) is 0 Å². The molecule has 2 heteroatoms. The first-order chi connectivity index (χ1) is 9.21. The van der Waals surface area contributed by atoms with Crippen LogP contribution in [0.25, 0.3) is 0 Å². The fraction of sp³-hybridized carbons (Fsp3) is 0.706. The van der Waals surface area contributed by atoms with Gasteiger partial charge in [-0.05, 0) is 37.9 Å². The average molecular weight is 262 g/mol. The predicted molar refractivity (Wildman–Crippen MR) is 83.3 cm³/mol. The summed E-state index contributed by atoms with van der Waals surface area (Å²) in [5.74, 6) is 0.811. The smallest absolute Gasteiger partial charge is 0.0576 e. The van der Waals surface area contributed by atoms with Crippen LogP contribution in [-0.4, -0.2) is 11.5 Å². The van der Waals surface area contributed by atoms with Crippen molar-refractivity contribution in [3.05, 3.63) is 29.6 Å².